The second-order valence-electron chi connectivity index (χ2n) is 3.98. The van der Waals surface area contributed by atoms with Gasteiger partial charge in [-0.1, -0.05) is 12.1 Å². The molecule has 2 aromatic rings. The Morgan fingerprint density at radius 3 is 2.61 bits per heavy atom. The summed E-state index contributed by atoms with van der Waals surface area (Å²) in [6.45, 7) is 1.46. The number of amides is 1. The van der Waals surface area contributed by atoms with E-state index in [2.05, 4.69) is 10.3 Å². The van der Waals surface area contributed by atoms with Gasteiger partial charge < -0.3 is 9.88 Å². The number of benzene rings is 1. The number of para-hydroxylation sites is 1. The van der Waals surface area contributed by atoms with Crippen LogP contribution in [0.2, 0.25) is 0 Å². The summed E-state index contributed by atoms with van der Waals surface area (Å²) in [5.74, 6) is -0.420. The van der Waals surface area contributed by atoms with E-state index in [4.69, 9.17) is 0 Å². The SMILES string of the molecule is CC(=O)c1ccccc1NC(=O)c1cn(C)cn1. The van der Waals surface area contributed by atoms with Crippen LogP contribution >= 0.6 is 0 Å². The Bertz CT molecular complexity index is 602. The Morgan fingerprint density at radius 1 is 1.28 bits per heavy atom. The lowest BCUT2D eigenvalue weighted by molar-refractivity contribution is 0.101. The summed E-state index contributed by atoms with van der Waals surface area (Å²) in [6, 6.07) is 6.89. The second-order valence-corrected chi connectivity index (χ2v) is 3.98. The first-order valence-electron chi connectivity index (χ1n) is 5.47. The van der Waals surface area contributed by atoms with Gasteiger partial charge in [0.2, 0.25) is 0 Å². The third-order valence-electron chi connectivity index (χ3n) is 2.49. The molecule has 0 spiro atoms. The van der Waals surface area contributed by atoms with Crippen LogP contribution < -0.4 is 5.32 Å². The van der Waals surface area contributed by atoms with Gasteiger partial charge in [-0.15, -0.1) is 0 Å². The van der Waals surface area contributed by atoms with Crippen molar-refractivity contribution in [1.82, 2.24) is 9.55 Å². The molecule has 5 nitrogen and oxygen atoms in total. The zero-order valence-electron chi connectivity index (χ0n) is 10.2. The van der Waals surface area contributed by atoms with Crippen LogP contribution in [-0.4, -0.2) is 21.2 Å². The van der Waals surface area contributed by atoms with Gasteiger partial charge in [-0.3, -0.25) is 9.59 Å². The van der Waals surface area contributed by atoms with E-state index in [0.29, 0.717) is 16.9 Å². The normalized spacial score (nSPS) is 10.1. The molecule has 0 aliphatic rings. The molecule has 1 heterocycles. The Balaban J connectivity index is 2.24. The fourth-order valence-corrected chi connectivity index (χ4v) is 1.62. The highest BCUT2D eigenvalue weighted by Gasteiger charge is 2.12. The maximum absolute atomic E-state index is 11.9. The molecular formula is C13H13N3O2. The highest BCUT2D eigenvalue weighted by atomic mass is 16.2. The molecule has 0 atom stereocenters. The summed E-state index contributed by atoms with van der Waals surface area (Å²) in [5.41, 5.74) is 1.30. The summed E-state index contributed by atoms with van der Waals surface area (Å²) in [6.07, 6.45) is 3.16. The molecule has 92 valence electrons. The maximum Gasteiger partial charge on any atom is 0.275 e. The quantitative estimate of drug-likeness (QED) is 0.837. The van der Waals surface area contributed by atoms with Gasteiger partial charge in [0.25, 0.3) is 5.91 Å². The maximum atomic E-state index is 11.9. The first kappa shape index (κ1) is 12.0. The van der Waals surface area contributed by atoms with Gasteiger partial charge in [0.05, 0.1) is 12.0 Å². The second kappa shape index (κ2) is 4.83. The molecule has 0 aliphatic carbocycles. The van der Waals surface area contributed by atoms with Gasteiger partial charge in [0.15, 0.2) is 5.78 Å². The van der Waals surface area contributed by atoms with Crippen LogP contribution in [0.15, 0.2) is 36.8 Å². The van der Waals surface area contributed by atoms with E-state index in [1.54, 1.807) is 48.4 Å². The lowest BCUT2D eigenvalue weighted by atomic mass is 10.1. The smallest absolute Gasteiger partial charge is 0.275 e. The van der Waals surface area contributed by atoms with Crippen molar-refractivity contribution in [3.63, 3.8) is 0 Å². The van der Waals surface area contributed by atoms with Gasteiger partial charge in [0.1, 0.15) is 5.69 Å². The van der Waals surface area contributed by atoms with Crippen LogP contribution in [0.25, 0.3) is 0 Å². The van der Waals surface area contributed by atoms with Crippen LogP contribution in [0, 0.1) is 0 Å². The van der Waals surface area contributed by atoms with E-state index >= 15 is 0 Å². The van der Waals surface area contributed by atoms with Crippen LogP contribution in [0.4, 0.5) is 5.69 Å². The Morgan fingerprint density at radius 2 is 2.00 bits per heavy atom. The summed E-state index contributed by atoms with van der Waals surface area (Å²) < 4.78 is 1.69. The van der Waals surface area contributed by atoms with Gasteiger partial charge >= 0.3 is 0 Å². The highest BCUT2D eigenvalue weighted by molar-refractivity contribution is 6.08. The number of Topliss-reactive ketones (excluding diaryl/α,β-unsaturated/α-hetero) is 1. The minimum absolute atomic E-state index is 0.0908. The fourth-order valence-electron chi connectivity index (χ4n) is 1.62. The van der Waals surface area contributed by atoms with Crippen molar-refractivity contribution in [1.29, 1.82) is 0 Å². The molecule has 0 aliphatic heterocycles. The number of aromatic nitrogens is 2. The zero-order chi connectivity index (χ0) is 13.1. The van der Waals surface area contributed by atoms with Crippen LogP contribution in [0.1, 0.15) is 27.8 Å². The average Bonchev–Trinajstić information content (AvgIpc) is 2.76. The first-order valence-corrected chi connectivity index (χ1v) is 5.47. The number of imidazole rings is 1. The minimum atomic E-state index is -0.329. The molecule has 0 radical (unpaired) electrons. The van der Waals surface area contributed by atoms with Gasteiger partial charge in [-0.2, -0.15) is 0 Å². The van der Waals surface area contributed by atoms with Crippen molar-refractivity contribution in [2.24, 2.45) is 7.05 Å². The molecule has 1 aromatic heterocycles. The monoisotopic (exact) mass is 243 g/mol. The van der Waals surface area contributed by atoms with Crippen LogP contribution in [0.3, 0.4) is 0 Å². The van der Waals surface area contributed by atoms with E-state index in [1.165, 1.54) is 6.92 Å². The van der Waals surface area contributed by atoms with Gasteiger partial charge in [-0.05, 0) is 19.1 Å². The molecule has 0 saturated heterocycles. The van der Waals surface area contributed by atoms with E-state index in [0.717, 1.165) is 0 Å². The number of carbonyl (C=O) groups is 2. The number of nitrogens with one attached hydrogen (secondary N) is 1. The molecule has 5 heteroatoms. The van der Waals surface area contributed by atoms with Crippen molar-refractivity contribution >= 4 is 17.4 Å². The number of hydrogen-bond acceptors (Lipinski definition) is 3. The molecule has 0 bridgehead atoms. The molecule has 18 heavy (non-hydrogen) atoms. The average molecular weight is 243 g/mol. The summed E-state index contributed by atoms with van der Waals surface area (Å²) in [7, 11) is 1.79. The molecule has 0 saturated carbocycles. The topological polar surface area (TPSA) is 64.0 Å². The largest absolute Gasteiger partial charge is 0.340 e. The van der Waals surface area contributed by atoms with Crippen LogP contribution in [-0.2, 0) is 7.05 Å². The van der Waals surface area contributed by atoms with Crippen molar-refractivity contribution < 1.29 is 9.59 Å². The molecule has 2 rings (SSSR count). The number of hydrogen-bond donors (Lipinski definition) is 1. The lowest BCUT2D eigenvalue weighted by Crippen LogP contribution is -2.14. The highest BCUT2D eigenvalue weighted by Crippen LogP contribution is 2.16. The summed E-state index contributed by atoms with van der Waals surface area (Å²) >= 11 is 0. The van der Waals surface area contributed by atoms with Crippen molar-refractivity contribution in [3.05, 3.63) is 48.0 Å². The Kier molecular flexibility index (Phi) is 3.23. The third-order valence-corrected chi connectivity index (χ3v) is 2.49. The first-order chi connectivity index (χ1) is 8.58. The number of anilines is 1. The molecule has 0 unspecified atom stereocenters. The van der Waals surface area contributed by atoms with Crippen molar-refractivity contribution in [2.45, 2.75) is 6.92 Å². The molecule has 1 N–H and O–H groups in total. The lowest BCUT2D eigenvalue weighted by Gasteiger charge is -2.07. The number of aryl methyl sites for hydroxylation is 1. The zero-order valence-corrected chi connectivity index (χ0v) is 10.2. The standard InChI is InChI=1S/C13H13N3O2/c1-9(17)10-5-3-4-6-11(10)15-13(18)12-7-16(2)8-14-12/h3-8H,1-2H3,(H,15,18). The molecular weight excluding hydrogens is 230 g/mol. The number of nitrogens with zero attached hydrogens (tertiary/aromatic N) is 2. The van der Waals surface area contributed by atoms with E-state index in [-0.39, 0.29) is 11.7 Å². The van der Waals surface area contributed by atoms with Gasteiger partial charge in [0, 0.05) is 18.8 Å². The van der Waals surface area contributed by atoms with Gasteiger partial charge in [-0.25, -0.2) is 4.98 Å². The fraction of sp³-hybridized carbons (Fsp3) is 0.154. The van der Waals surface area contributed by atoms with Crippen molar-refractivity contribution in [3.8, 4) is 0 Å². The minimum Gasteiger partial charge on any atom is -0.340 e. The number of ketones is 1. The van der Waals surface area contributed by atoms with E-state index < -0.39 is 0 Å². The number of rotatable bonds is 3. The Labute approximate surface area is 104 Å². The van der Waals surface area contributed by atoms with Crippen molar-refractivity contribution in [2.75, 3.05) is 5.32 Å². The summed E-state index contributed by atoms with van der Waals surface area (Å²) in [4.78, 5) is 27.3. The predicted octanol–water partition coefficient (Wildman–Crippen LogP) is 1.88. The van der Waals surface area contributed by atoms with E-state index in [9.17, 15) is 9.59 Å². The third kappa shape index (κ3) is 2.45. The Hall–Kier alpha value is -2.43. The molecule has 1 amide bonds. The number of carbonyl (C=O) groups excluding carboxylic acids is 2. The predicted molar refractivity (Wildman–Crippen MR) is 67.6 cm³/mol. The molecule has 1 aromatic carbocycles. The molecule has 0 fully saturated rings. The van der Waals surface area contributed by atoms with E-state index in [1.807, 2.05) is 0 Å². The van der Waals surface area contributed by atoms with Crippen LogP contribution in [0.5, 0.6) is 0 Å². The summed E-state index contributed by atoms with van der Waals surface area (Å²) in [5, 5.41) is 2.69.